The van der Waals surface area contributed by atoms with Gasteiger partial charge in [0.05, 0.1) is 29.9 Å². The summed E-state index contributed by atoms with van der Waals surface area (Å²) < 4.78 is 0. The smallest absolute Gasteiger partial charge is 0.246 e. The minimum absolute atomic E-state index is 0.0294. The Morgan fingerprint density at radius 2 is 1.90 bits per heavy atom. The Balaban J connectivity index is 1.89. The van der Waals surface area contributed by atoms with Crippen molar-refractivity contribution in [3.05, 3.63) is 53.7 Å². The highest BCUT2D eigenvalue weighted by Gasteiger charge is 2.16. The van der Waals surface area contributed by atoms with Crippen LogP contribution in [0.4, 0.5) is 17.5 Å². The molecule has 1 aromatic carbocycles. The highest BCUT2D eigenvalue weighted by Crippen LogP contribution is 2.18. The Kier molecular flexibility index (Phi) is 14.4. The van der Waals surface area contributed by atoms with Gasteiger partial charge in [-0.3, -0.25) is 9.59 Å². The number of nitriles is 1. The van der Waals surface area contributed by atoms with Crippen molar-refractivity contribution in [3.63, 3.8) is 0 Å². The highest BCUT2D eigenvalue weighted by molar-refractivity contribution is 5.91. The van der Waals surface area contributed by atoms with Gasteiger partial charge in [0.15, 0.2) is 0 Å². The van der Waals surface area contributed by atoms with Crippen LogP contribution in [0.15, 0.2) is 42.6 Å². The van der Waals surface area contributed by atoms with Crippen molar-refractivity contribution < 1.29 is 9.59 Å². The molecule has 0 aliphatic carbocycles. The maximum atomic E-state index is 12.6. The van der Waals surface area contributed by atoms with E-state index < -0.39 is 0 Å². The zero-order valence-electron chi connectivity index (χ0n) is 24.8. The number of unbranched alkanes of at least 4 members (excludes halogenated alkanes) is 1. The minimum atomic E-state index is -0.183. The van der Waals surface area contributed by atoms with Gasteiger partial charge in [-0.1, -0.05) is 38.7 Å². The van der Waals surface area contributed by atoms with E-state index in [0.717, 1.165) is 18.7 Å². The monoisotopic (exact) mass is 558 g/mol. The van der Waals surface area contributed by atoms with Gasteiger partial charge in [-0.25, -0.2) is 4.98 Å². The number of nitrogens with zero attached hydrogens (tertiary/aromatic N) is 5. The van der Waals surface area contributed by atoms with E-state index in [-0.39, 0.29) is 24.3 Å². The zero-order chi connectivity index (χ0) is 30.0. The predicted molar refractivity (Wildman–Crippen MR) is 163 cm³/mol. The topological polar surface area (TPSA) is 126 Å². The van der Waals surface area contributed by atoms with Crippen molar-refractivity contribution in [2.24, 2.45) is 5.92 Å². The molecule has 0 saturated heterocycles. The summed E-state index contributed by atoms with van der Waals surface area (Å²) in [7, 11) is 3.87. The van der Waals surface area contributed by atoms with Gasteiger partial charge >= 0.3 is 0 Å². The lowest BCUT2D eigenvalue weighted by Crippen LogP contribution is -2.42. The van der Waals surface area contributed by atoms with Gasteiger partial charge in [0.1, 0.15) is 5.82 Å². The Hall–Kier alpha value is -4.41. The Morgan fingerprint density at radius 3 is 2.56 bits per heavy atom. The molecule has 0 radical (unpaired) electrons. The maximum Gasteiger partial charge on any atom is 0.246 e. The van der Waals surface area contributed by atoms with Crippen LogP contribution < -0.4 is 16.0 Å². The molecule has 0 spiro atoms. The summed E-state index contributed by atoms with van der Waals surface area (Å²) in [6, 6.07) is 9.16. The number of anilines is 3. The second-order valence-corrected chi connectivity index (χ2v) is 10.2. The van der Waals surface area contributed by atoms with Crippen molar-refractivity contribution in [3.8, 4) is 17.9 Å². The van der Waals surface area contributed by atoms with Crippen LogP contribution in [0.3, 0.4) is 0 Å². The van der Waals surface area contributed by atoms with Gasteiger partial charge in [0.25, 0.3) is 0 Å². The molecule has 2 amide bonds. The molecule has 3 N–H and O–H groups in total. The van der Waals surface area contributed by atoms with E-state index >= 15 is 0 Å². The second kappa shape index (κ2) is 18.0. The molecule has 0 unspecified atom stereocenters. The van der Waals surface area contributed by atoms with Crippen LogP contribution in [-0.2, 0) is 9.59 Å². The highest BCUT2D eigenvalue weighted by atomic mass is 16.2. The van der Waals surface area contributed by atoms with Crippen LogP contribution in [0, 0.1) is 29.1 Å². The van der Waals surface area contributed by atoms with Crippen molar-refractivity contribution >= 4 is 29.3 Å². The molecule has 2 rings (SSSR count). The number of amides is 2. The van der Waals surface area contributed by atoms with Gasteiger partial charge < -0.3 is 25.8 Å². The zero-order valence-corrected chi connectivity index (χ0v) is 24.8. The summed E-state index contributed by atoms with van der Waals surface area (Å²) in [6.45, 7) is 8.54. The maximum absolute atomic E-state index is 12.6. The number of rotatable bonds is 15. The van der Waals surface area contributed by atoms with Gasteiger partial charge in [0, 0.05) is 44.4 Å². The number of carbonyl (C=O) groups excluding carboxylic acids is 2. The van der Waals surface area contributed by atoms with Crippen molar-refractivity contribution in [2.45, 2.75) is 40.0 Å². The molecule has 1 aromatic heterocycles. The van der Waals surface area contributed by atoms with E-state index in [1.165, 1.54) is 6.08 Å². The van der Waals surface area contributed by atoms with Gasteiger partial charge in [-0.2, -0.15) is 10.2 Å². The lowest BCUT2D eigenvalue weighted by atomic mass is 10.2. The second-order valence-electron chi connectivity index (χ2n) is 10.2. The van der Waals surface area contributed by atoms with Crippen molar-refractivity contribution in [1.29, 1.82) is 5.26 Å². The van der Waals surface area contributed by atoms with Crippen molar-refractivity contribution in [2.75, 3.05) is 57.5 Å². The first-order valence-electron chi connectivity index (χ1n) is 14.0. The quantitative estimate of drug-likeness (QED) is 0.171. The lowest BCUT2D eigenvalue weighted by Gasteiger charge is -2.22. The normalized spacial score (nSPS) is 10.7. The third-order valence-corrected chi connectivity index (χ3v) is 5.59. The van der Waals surface area contributed by atoms with Crippen LogP contribution in [0.5, 0.6) is 0 Å². The van der Waals surface area contributed by atoms with Crippen LogP contribution in [0.25, 0.3) is 0 Å². The number of hydrogen-bond acceptors (Lipinski definition) is 8. The molecule has 0 fully saturated rings. The molecule has 0 bridgehead atoms. The van der Waals surface area contributed by atoms with Crippen molar-refractivity contribution in [1.82, 2.24) is 25.1 Å². The summed E-state index contributed by atoms with van der Waals surface area (Å²) in [4.78, 5) is 37.6. The Morgan fingerprint density at radius 1 is 1.15 bits per heavy atom. The molecule has 0 aliphatic rings. The molecular formula is C31H42N8O2. The van der Waals surface area contributed by atoms with E-state index in [1.54, 1.807) is 41.4 Å². The summed E-state index contributed by atoms with van der Waals surface area (Å²) in [5.74, 6) is 7.27. The molecule has 0 aliphatic heterocycles. The fourth-order valence-corrected chi connectivity index (χ4v) is 3.60. The van der Waals surface area contributed by atoms with Crippen LogP contribution in [0.2, 0.25) is 0 Å². The summed E-state index contributed by atoms with van der Waals surface area (Å²) in [5, 5.41) is 18.3. The molecule has 0 saturated carbocycles. The summed E-state index contributed by atoms with van der Waals surface area (Å²) >= 11 is 0. The van der Waals surface area contributed by atoms with Crippen LogP contribution >= 0.6 is 0 Å². The molecule has 41 heavy (non-hydrogen) atoms. The molecule has 218 valence electrons. The summed E-state index contributed by atoms with van der Waals surface area (Å²) in [5.41, 5.74) is 2.06. The molecule has 1 heterocycles. The third kappa shape index (κ3) is 13.0. The van der Waals surface area contributed by atoms with Gasteiger partial charge in [-0.15, -0.1) is 0 Å². The fraction of sp³-hybridized carbons (Fsp3) is 0.452. The first-order chi connectivity index (χ1) is 19.7. The molecule has 10 heteroatoms. The third-order valence-electron chi connectivity index (χ3n) is 5.59. The lowest BCUT2D eigenvalue weighted by molar-refractivity contribution is -0.132. The Bertz CT molecular complexity index is 1250. The van der Waals surface area contributed by atoms with E-state index in [1.807, 2.05) is 32.8 Å². The standard InChI is InChI=1S/C31H42N8O2/c1-6-17-34-30-26(21-35-31(37-30)36-27-15-13-25(20-32)14-16-27)11-8-7-9-18-33-28(40)23-39(22-24(2)3)29(41)12-10-19-38(4)5/h10,12-16,21,24H,6-7,9,17-19,22-23H2,1-5H3,(H,33,40)(H2,34,35,36,37)/b12-10+. The minimum Gasteiger partial charge on any atom is -0.369 e. The van der Waals surface area contributed by atoms with Crippen LogP contribution in [0.1, 0.15) is 51.2 Å². The molecule has 2 aromatic rings. The van der Waals surface area contributed by atoms with E-state index in [4.69, 9.17) is 5.26 Å². The van der Waals surface area contributed by atoms with E-state index in [2.05, 4.69) is 50.8 Å². The largest absolute Gasteiger partial charge is 0.369 e. The number of benzene rings is 1. The van der Waals surface area contributed by atoms with E-state index in [9.17, 15) is 9.59 Å². The number of aromatic nitrogens is 2. The van der Waals surface area contributed by atoms with Gasteiger partial charge in [0.2, 0.25) is 17.8 Å². The Labute approximate surface area is 244 Å². The van der Waals surface area contributed by atoms with Gasteiger partial charge in [-0.05, 0) is 57.1 Å². The number of likely N-dealkylation sites (N-methyl/N-ethyl adjacent to an activating group) is 1. The first kappa shape index (κ1) is 32.8. The first-order valence-corrected chi connectivity index (χ1v) is 14.0. The number of carbonyl (C=O) groups is 2. The predicted octanol–water partition coefficient (Wildman–Crippen LogP) is 3.76. The molecule has 0 atom stereocenters. The van der Waals surface area contributed by atoms with E-state index in [0.29, 0.717) is 55.4 Å². The number of nitrogens with one attached hydrogen (secondary N) is 3. The summed E-state index contributed by atoms with van der Waals surface area (Å²) in [6.07, 6.45) is 7.21. The molecular weight excluding hydrogens is 516 g/mol. The molecule has 10 nitrogen and oxygen atoms in total. The SMILES string of the molecule is CCCNc1nc(Nc2ccc(C#N)cc2)ncc1C#CCCCNC(=O)CN(CC(C)C)C(=O)/C=C/CN(C)C. The average Bonchev–Trinajstić information content (AvgIpc) is 2.94. The number of hydrogen-bond donors (Lipinski definition) is 3. The fourth-order valence-electron chi connectivity index (χ4n) is 3.60. The average molecular weight is 559 g/mol. The van der Waals surface area contributed by atoms with Crippen LogP contribution in [-0.4, -0.2) is 78.4 Å².